The number of piperazine rings is 1. The first-order chi connectivity index (χ1) is 10.7. The van der Waals surface area contributed by atoms with Gasteiger partial charge in [0.2, 0.25) is 0 Å². The number of hydrogen-bond acceptors (Lipinski definition) is 4. The summed E-state index contributed by atoms with van der Waals surface area (Å²) in [7, 11) is 0. The quantitative estimate of drug-likeness (QED) is 0.930. The van der Waals surface area contributed by atoms with Crippen molar-refractivity contribution >= 4 is 6.09 Å². The Kier molecular flexibility index (Phi) is 5.32. The molecule has 5 nitrogen and oxygen atoms in total. The van der Waals surface area contributed by atoms with Crippen molar-refractivity contribution in [2.75, 3.05) is 26.2 Å². The molecule has 1 aliphatic heterocycles. The zero-order valence-electron chi connectivity index (χ0n) is 14.6. The van der Waals surface area contributed by atoms with E-state index in [1.807, 2.05) is 45.9 Å². The fraction of sp³-hybridized carbons (Fsp3) is 0.611. The molecule has 1 aromatic carbocycles. The van der Waals surface area contributed by atoms with Crippen molar-refractivity contribution < 1.29 is 14.6 Å². The highest BCUT2D eigenvalue weighted by atomic mass is 16.6. The molecule has 5 heteroatoms. The number of hydrogen-bond donors (Lipinski definition) is 1. The van der Waals surface area contributed by atoms with Gasteiger partial charge in [0.1, 0.15) is 5.60 Å². The first kappa shape index (κ1) is 17.8. The Bertz CT molecular complexity index is 527. The topological polar surface area (TPSA) is 53.0 Å². The Labute approximate surface area is 138 Å². The van der Waals surface area contributed by atoms with Gasteiger partial charge in [-0.25, -0.2) is 4.79 Å². The molecule has 1 N–H and O–H groups in total. The fourth-order valence-corrected chi connectivity index (χ4v) is 2.81. The van der Waals surface area contributed by atoms with Crippen LogP contribution >= 0.6 is 0 Å². The lowest BCUT2D eigenvalue weighted by molar-refractivity contribution is -0.0429. The Morgan fingerprint density at radius 3 is 2.48 bits per heavy atom. The molecule has 0 saturated carbocycles. The Morgan fingerprint density at radius 1 is 1.26 bits per heavy atom. The van der Waals surface area contributed by atoms with Crippen molar-refractivity contribution in [3.63, 3.8) is 0 Å². The van der Waals surface area contributed by atoms with Gasteiger partial charge in [-0.2, -0.15) is 0 Å². The molecule has 2 rings (SSSR count). The van der Waals surface area contributed by atoms with Crippen molar-refractivity contribution in [3.05, 3.63) is 35.9 Å². The van der Waals surface area contributed by atoms with Gasteiger partial charge >= 0.3 is 6.09 Å². The molecule has 1 saturated heterocycles. The van der Waals surface area contributed by atoms with E-state index in [-0.39, 0.29) is 12.7 Å². The number of amides is 1. The minimum atomic E-state index is -0.506. The zero-order valence-corrected chi connectivity index (χ0v) is 14.6. The van der Waals surface area contributed by atoms with E-state index in [0.29, 0.717) is 19.6 Å². The van der Waals surface area contributed by atoms with Crippen LogP contribution in [-0.2, 0) is 11.3 Å². The van der Waals surface area contributed by atoms with E-state index in [9.17, 15) is 9.90 Å². The highest BCUT2D eigenvalue weighted by Gasteiger charge is 2.39. The van der Waals surface area contributed by atoms with Crippen molar-refractivity contribution in [3.8, 4) is 0 Å². The average Bonchev–Trinajstić information content (AvgIpc) is 2.49. The number of nitrogens with zero attached hydrogens (tertiary/aromatic N) is 2. The first-order valence-corrected chi connectivity index (χ1v) is 8.11. The van der Waals surface area contributed by atoms with Gasteiger partial charge < -0.3 is 14.7 Å². The molecule has 0 aliphatic carbocycles. The molecular formula is C18H28N2O3. The molecule has 23 heavy (non-hydrogen) atoms. The lowest BCUT2D eigenvalue weighted by Gasteiger charge is -2.48. The maximum absolute atomic E-state index is 12.3. The maximum Gasteiger partial charge on any atom is 0.410 e. The Morgan fingerprint density at radius 2 is 1.91 bits per heavy atom. The van der Waals surface area contributed by atoms with Crippen LogP contribution in [0.1, 0.15) is 33.3 Å². The smallest absolute Gasteiger partial charge is 0.410 e. The molecule has 0 spiro atoms. The number of benzene rings is 1. The van der Waals surface area contributed by atoms with E-state index in [4.69, 9.17) is 4.74 Å². The second-order valence-electron chi connectivity index (χ2n) is 7.46. The monoisotopic (exact) mass is 320 g/mol. The molecule has 1 heterocycles. The van der Waals surface area contributed by atoms with Gasteiger partial charge in [-0.3, -0.25) is 4.90 Å². The van der Waals surface area contributed by atoms with E-state index < -0.39 is 11.1 Å². The largest absolute Gasteiger partial charge is 0.444 e. The number of ether oxygens (including phenoxy) is 1. The normalized spacial score (nSPS) is 22.9. The van der Waals surface area contributed by atoms with Crippen molar-refractivity contribution in [2.24, 2.45) is 0 Å². The lowest BCUT2D eigenvalue weighted by atomic mass is 9.96. The van der Waals surface area contributed by atoms with Crippen LogP contribution in [0, 0.1) is 0 Å². The third-order valence-electron chi connectivity index (χ3n) is 4.14. The predicted molar refractivity (Wildman–Crippen MR) is 90.1 cm³/mol. The number of aliphatic hydroxyl groups is 1. The van der Waals surface area contributed by atoms with Crippen LogP contribution in [0.3, 0.4) is 0 Å². The summed E-state index contributed by atoms with van der Waals surface area (Å²) in [5.74, 6) is 0. The van der Waals surface area contributed by atoms with E-state index in [1.165, 1.54) is 5.56 Å². The van der Waals surface area contributed by atoms with E-state index >= 15 is 0 Å². The molecule has 128 valence electrons. The third kappa shape index (κ3) is 4.69. The van der Waals surface area contributed by atoms with Crippen LogP contribution in [0.5, 0.6) is 0 Å². The van der Waals surface area contributed by atoms with Gasteiger partial charge in [-0.15, -0.1) is 0 Å². The highest BCUT2D eigenvalue weighted by Crippen LogP contribution is 2.24. The lowest BCUT2D eigenvalue weighted by Crippen LogP contribution is -2.63. The first-order valence-electron chi connectivity index (χ1n) is 8.11. The predicted octanol–water partition coefficient (Wildman–Crippen LogP) is 2.49. The average molecular weight is 320 g/mol. The van der Waals surface area contributed by atoms with Crippen LogP contribution in [0.15, 0.2) is 30.3 Å². The molecule has 1 aromatic rings. The number of rotatable bonds is 3. The Hall–Kier alpha value is -1.59. The van der Waals surface area contributed by atoms with E-state index in [1.54, 1.807) is 4.90 Å². The molecule has 1 fully saturated rings. The molecule has 1 atom stereocenters. The molecule has 0 bridgehead atoms. The van der Waals surface area contributed by atoms with Crippen molar-refractivity contribution in [1.29, 1.82) is 0 Å². The summed E-state index contributed by atoms with van der Waals surface area (Å²) in [5.41, 5.74) is 0.233. The highest BCUT2D eigenvalue weighted by molar-refractivity contribution is 5.68. The zero-order chi connectivity index (χ0) is 17.1. The van der Waals surface area contributed by atoms with Crippen molar-refractivity contribution in [2.45, 2.75) is 45.4 Å². The summed E-state index contributed by atoms with van der Waals surface area (Å²) in [4.78, 5) is 16.2. The third-order valence-corrected chi connectivity index (χ3v) is 4.14. The fourth-order valence-electron chi connectivity index (χ4n) is 2.81. The summed E-state index contributed by atoms with van der Waals surface area (Å²) < 4.78 is 5.46. The van der Waals surface area contributed by atoms with E-state index in [2.05, 4.69) is 17.0 Å². The van der Waals surface area contributed by atoms with Gasteiger partial charge in [0.15, 0.2) is 0 Å². The van der Waals surface area contributed by atoms with Gasteiger partial charge in [-0.1, -0.05) is 30.3 Å². The summed E-state index contributed by atoms with van der Waals surface area (Å²) in [6.07, 6.45) is -0.309. The SMILES string of the molecule is CC(C)(C)OC(=O)N1CCN(Cc2ccccc2)C(C)(CO)C1. The van der Waals surface area contributed by atoms with Gasteiger partial charge in [0.25, 0.3) is 0 Å². The van der Waals surface area contributed by atoms with Gasteiger partial charge in [-0.05, 0) is 33.3 Å². The summed E-state index contributed by atoms with van der Waals surface area (Å²) in [6.45, 7) is 10.1. The van der Waals surface area contributed by atoms with Crippen LogP contribution in [-0.4, -0.2) is 58.4 Å². The van der Waals surface area contributed by atoms with E-state index in [0.717, 1.165) is 6.54 Å². The molecule has 0 aromatic heterocycles. The molecule has 1 amide bonds. The minimum absolute atomic E-state index is 0.000862. The minimum Gasteiger partial charge on any atom is -0.444 e. The second kappa shape index (κ2) is 6.89. The number of aliphatic hydroxyl groups excluding tert-OH is 1. The molecular weight excluding hydrogens is 292 g/mol. The molecule has 1 unspecified atom stereocenters. The molecule has 1 aliphatic rings. The second-order valence-corrected chi connectivity index (χ2v) is 7.46. The van der Waals surface area contributed by atoms with Crippen LogP contribution in [0.2, 0.25) is 0 Å². The summed E-state index contributed by atoms with van der Waals surface area (Å²) >= 11 is 0. The van der Waals surface area contributed by atoms with Gasteiger partial charge in [0.05, 0.1) is 12.1 Å². The summed E-state index contributed by atoms with van der Waals surface area (Å²) in [5, 5.41) is 9.91. The molecule has 0 radical (unpaired) electrons. The Balaban J connectivity index is 2.05. The number of carbonyl (C=O) groups is 1. The standard InChI is InChI=1S/C18H28N2O3/c1-17(2,3)23-16(22)19-10-11-20(18(4,13-19)14-21)12-15-8-6-5-7-9-15/h5-9,21H,10-14H2,1-4H3. The van der Waals surface area contributed by atoms with Crippen LogP contribution in [0.4, 0.5) is 4.79 Å². The van der Waals surface area contributed by atoms with Gasteiger partial charge in [0, 0.05) is 26.2 Å². The number of carbonyl (C=O) groups excluding carboxylic acids is 1. The maximum atomic E-state index is 12.3. The van der Waals surface area contributed by atoms with Crippen LogP contribution < -0.4 is 0 Å². The van der Waals surface area contributed by atoms with Crippen LogP contribution in [0.25, 0.3) is 0 Å². The van der Waals surface area contributed by atoms with Crippen molar-refractivity contribution in [1.82, 2.24) is 9.80 Å². The summed E-state index contributed by atoms with van der Waals surface area (Å²) in [6, 6.07) is 10.2.